The normalized spacial score (nSPS) is 31.4. The van der Waals surface area contributed by atoms with Crippen molar-refractivity contribution in [3.05, 3.63) is 10.6 Å². The Morgan fingerprint density at radius 3 is 2.73 bits per heavy atom. The molecule has 1 aliphatic rings. The fourth-order valence-corrected chi connectivity index (χ4v) is 2.24. The van der Waals surface area contributed by atoms with Crippen LogP contribution in [0.1, 0.15) is 39.0 Å². The van der Waals surface area contributed by atoms with E-state index in [1.807, 2.05) is 6.92 Å². The molecule has 1 saturated carbocycles. The SMILES string of the molecule is C/C(Cl)=C1/CCCCCC1Cl. The lowest BCUT2D eigenvalue weighted by atomic mass is 10.1. The first-order chi connectivity index (χ1) is 5.22. The molecule has 0 aromatic carbocycles. The second-order valence-electron chi connectivity index (χ2n) is 3.13. The molecule has 2 heteroatoms. The summed E-state index contributed by atoms with van der Waals surface area (Å²) in [6.45, 7) is 1.94. The van der Waals surface area contributed by atoms with Crippen LogP contribution in [-0.4, -0.2) is 5.38 Å². The summed E-state index contributed by atoms with van der Waals surface area (Å²) < 4.78 is 0. The molecule has 0 aromatic rings. The Labute approximate surface area is 78.6 Å². The van der Waals surface area contributed by atoms with Crippen molar-refractivity contribution in [3.8, 4) is 0 Å². The van der Waals surface area contributed by atoms with Crippen LogP contribution in [0, 0.1) is 0 Å². The van der Waals surface area contributed by atoms with Gasteiger partial charge in [-0.1, -0.05) is 24.4 Å². The molecule has 0 radical (unpaired) electrons. The molecule has 0 aromatic heterocycles. The van der Waals surface area contributed by atoms with Gasteiger partial charge in [-0.25, -0.2) is 0 Å². The molecule has 1 unspecified atom stereocenters. The standard InChI is InChI=1S/C9H14Cl2/c1-7(10)8-5-3-2-4-6-9(8)11/h9H,2-6H2,1H3/b8-7+. The molecule has 0 N–H and O–H groups in total. The van der Waals surface area contributed by atoms with Crippen molar-refractivity contribution in [2.75, 3.05) is 0 Å². The van der Waals surface area contributed by atoms with Gasteiger partial charge in [0.25, 0.3) is 0 Å². The Morgan fingerprint density at radius 1 is 1.36 bits per heavy atom. The lowest BCUT2D eigenvalue weighted by Crippen LogP contribution is -2.01. The van der Waals surface area contributed by atoms with E-state index < -0.39 is 0 Å². The van der Waals surface area contributed by atoms with Gasteiger partial charge in [-0.15, -0.1) is 11.6 Å². The summed E-state index contributed by atoms with van der Waals surface area (Å²) in [5.74, 6) is 0. The van der Waals surface area contributed by atoms with Crippen LogP contribution in [0.25, 0.3) is 0 Å². The summed E-state index contributed by atoms with van der Waals surface area (Å²) in [4.78, 5) is 0. The number of hydrogen-bond acceptors (Lipinski definition) is 0. The predicted octanol–water partition coefficient (Wildman–Crippen LogP) is 4.07. The van der Waals surface area contributed by atoms with Crippen LogP contribution in [-0.2, 0) is 0 Å². The van der Waals surface area contributed by atoms with E-state index in [9.17, 15) is 0 Å². The largest absolute Gasteiger partial charge is 0.118 e. The minimum atomic E-state index is 0.204. The van der Waals surface area contributed by atoms with Gasteiger partial charge in [0, 0.05) is 5.03 Å². The van der Waals surface area contributed by atoms with Crippen LogP contribution in [0.3, 0.4) is 0 Å². The van der Waals surface area contributed by atoms with E-state index in [2.05, 4.69) is 0 Å². The molecule has 0 aliphatic heterocycles. The molecule has 0 heterocycles. The quantitative estimate of drug-likeness (QED) is 0.401. The van der Waals surface area contributed by atoms with Crippen molar-refractivity contribution in [3.63, 3.8) is 0 Å². The third kappa shape index (κ3) is 2.68. The third-order valence-corrected chi connectivity index (χ3v) is 2.95. The number of alkyl halides is 1. The van der Waals surface area contributed by atoms with Crippen molar-refractivity contribution >= 4 is 23.2 Å². The summed E-state index contributed by atoms with van der Waals surface area (Å²) in [5.41, 5.74) is 1.27. The van der Waals surface area contributed by atoms with Gasteiger partial charge in [-0.2, -0.15) is 0 Å². The second-order valence-corrected chi connectivity index (χ2v) is 4.22. The van der Waals surface area contributed by atoms with E-state index in [1.54, 1.807) is 0 Å². The van der Waals surface area contributed by atoms with Crippen molar-refractivity contribution in [2.45, 2.75) is 44.4 Å². The highest BCUT2D eigenvalue weighted by Gasteiger charge is 2.15. The highest BCUT2D eigenvalue weighted by Crippen LogP contribution is 2.30. The van der Waals surface area contributed by atoms with E-state index in [-0.39, 0.29) is 5.38 Å². The minimum absolute atomic E-state index is 0.204. The van der Waals surface area contributed by atoms with Crippen LogP contribution in [0.5, 0.6) is 0 Å². The van der Waals surface area contributed by atoms with Crippen LogP contribution in [0.4, 0.5) is 0 Å². The van der Waals surface area contributed by atoms with Crippen LogP contribution < -0.4 is 0 Å². The lowest BCUT2D eigenvalue weighted by molar-refractivity contribution is 0.704. The molecule has 64 valence electrons. The van der Waals surface area contributed by atoms with E-state index in [0.717, 1.165) is 17.9 Å². The monoisotopic (exact) mass is 192 g/mol. The smallest absolute Gasteiger partial charge is 0.0559 e. The topological polar surface area (TPSA) is 0 Å². The summed E-state index contributed by atoms with van der Waals surface area (Å²) in [6.07, 6.45) is 6.01. The maximum absolute atomic E-state index is 6.14. The first-order valence-electron chi connectivity index (χ1n) is 4.21. The zero-order chi connectivity index (χ0) is 8.27. The summed E-state index contributed by atoms with van der Waals surface area (Å²) in [5, 5.41) is 1.11. The Balaban J connectivity index is 2.67. The second kappa shape index (κ2) is 4.37. The Bertz CT molecular complexity index is 157. The van der Waals surface area contributed by atoms with Gasteiger partial charge >= 0.3 is 0 Å². The molecule has 1 fully saturated rings. The van der Waals surface area contributed by atoms with Crippen molar-refractivity contribution in [1.82, 2.24) is 0 Å². The van der Waals surface area contributed by atoms with Gasteiger partial charge in [0.1, 0.15) is 0 Å². The van der Waals surface area contributed by atoms with E-state index in [1.165, 1.54) is 24.8 Å². The molecule has 0 bridgehead atoms. The summed E-state index contributed by atoms with van der Waals surface area (Å²) in [7, 11) is 0. The van der Waals surface area contributed by atoms with E-state index >= 15 is 0 Å². The minimum Gasteiger partial charge on any atom is -0.118 e. The number of hydrogen-bond donors (Lipinski definition) is 0. The molecular formula is C9H14Cl2. The molecule has 0 nitrogen and oxygen atoms in total. The van der Waals surface area contributed by atoms with Gasteiger partial charge in [0.15, 0.2) is 0 Å². The Morgan fingerprint density at radius 2 is 2.09 bits per heavy atom. The average molecular weight is 193 g/mol. The first-order valence-corrected chi connectivity index (χ1v) is 5.02. The van der Waals surface area contributed by atoms with Gasteiger partial charge in [-0.05, 0) is 31.8 Å². The van der Waals surface area contributed by atoms with Crippen molar-refractivity contribution < 1.29 is 0 Å². The lowest BCUT2D eigenvalue weighted by Gasteiger charge is -2.10. The molecule has 1 aliphatic carbocycles. The summed E-state index contributed by atoms with van der Waals surface area (Å²) >= 11 is 12.1. The van der Waals surface area contributed by atoms with Gasteiger partial charge in [-0.3, -0.25) is 0 Å². The first kappa shape index (κ1) is 9.41. The molecule has 1 atom stereocenters. The average Bonchev–Trinajstić information content (AvgIpc) is 2.13. The molecule has 0 saturated heterocycles. The van der Waals surface area contributed by atoms with Gasteiger partial charge < -0.3 is 0 Å². The van der Waals surface area contributed by atoms with Crippen molar-refractivity contribution in [1.29, 1.82) is 0 Å². The Kier molecular flexibility index (Phi) is 3.74. The zero-order valence-corrected chi connectivity index (χ0v) is 8.38. The van der Waals surface area contributed by atoms with Crippen LogP contribution in [0.2, 0.25) is 0 Å². The predicted molar refractivity (Wildman–Crippen MR) is 51.3 cm³/mol. The fourth-order valence-electron chi connectivity index (χ4n) is 1.53. The molecule has 11 heavy (non-hydrogen) atoms. The van der Waals surface area contributed by atoms with Gasteiger partial charge in [0.2, 0.25) is 0 Å². The summed E-state index contributed by atoms with van der Waals surface area (Å²) in [6, 6.07) is 0. The van der Waals surface area contributed by atoms with Crippen LogP contribution >= 0.6 is 23.2 Å². The number of rotatable bonds is 0. The molecular weight excluding hydrogens is 179 g/mol. The van der Waals surface area contributed by atoms with Crippen molar-refractivity contribution in [2.24, 2.45) is 0 Å². The van der Waals surface area contributed by atoms with E-state index in [4.69, 9.17) is 23.2 Å². The highest BCUT2D eigenvalue weighted by atomic mass is 35.5. The fraction of sp³-hybridized carbons (Fsp3) is 0.778. The third-order valence-electron chi connectivity index (χ3n) is 2.22. The maximum atomic E-state index is 6.14. The Hall–Kier alpha value is 0.320. The van der Waals surface area contributed by atoms with E-state index in [0.29, 0.717) is 0 Å². The van der Waals surface area contributed by atoms with Gasteiger partial charge in [0.05, 0.1) is 5.38 Å². The molecule has 0 spiro atoms. The number of allylic oxidation sites excluding steroid dienone is 2. The maximum Gasteiger partial charge on any atom is 0.0559 e. The molecule has 1 rings (SSSR count). The highest BCUT2D eigenvalue weighted by molar-refractivity contribution is 6.31. The van der Waals surface area contributed by atoms with Crippen LogP contribution in [0.15, 0.2) is 10.6 Å². The zero-order valence-electron chi connectivity index (χ0n) is 6.87. The molecule has 0 amide bonds. The number of halogens is 2.